The van der Waals surface area contributed by atoms with Crippen LogP contribution in [-0.2, 0) is 13.1 Å². The van der Waals surface area contributed by atoms with Gasteiger partial charge in [-0.3, -0.25) is 14.4 Å². The number of benzene rings is 1. The fourth-order valence-electron chi connectivity index (χ4n) is 4.44. The highest BCUT2D eigenvalue weighted by Crippen LogP contribution is 2.32. The first-order valence-electron chi connectivity index (χ1n) is 10.9. The highest BCUT2D eigenvalue weighted by atomic mass is 35.5. The molecule has 33 heavy (non-hydrogen) atoms. The van der Waals surface area contributed by atoms with Crippen LogP contribution in [0.15, 0.2) is 30.5 Å². The van der Waals surface area contributed by atoms with Gasteiger partial charge in [0.1, 0.15) is 16.8 Å². The van der Waals surface area contributed by atoms with E-state index in [9.17, 15) is 10.1 Å². The average Bonchev–Trinajstić information content (AvgIpc) is 3.41. The third-order valence-corrected chi connectivity index (χ3v) is 7.57. The number of piperazine rings is 1. The van der Waals surface area contributed by atoms with Crippen molar-refractivity contribution in [3.63, 3.8) is 0 Å². The summed E-state index contributed by atoms with van der Waals surface area (Å²) in [6.45, 7) is 10.2. The molecule has 9 nitrogen and oxygen atoms in total. The van der Waals surface area contributed by atoms with E-state index in [-0.39, 0.29) is 5.82 Å². The number of rotatable bonds is 6. The van der Waals surface area contributed by atoms with Crippen LogP contribution in [0.4, 0.5) is 5.82 Å². The molecular weight excluding hydrogens is 464 g/mol. The maximum atomic E-state index is 10.9. The second kappa shape index (κ2) is 8.68. The van der Waals surface area contributed by atoms with Crippen molar-refractivity contribution < 1.29 is 9.66 Å². The Kier molecular flexibility index (Phi) is 5.86. The zero-order valence-corrected chi connectivity index (χ0v) is 20.1. The summed E-state index contributed by atoms with van der Waals surface area (Å²) in [6.07, 6.45) is 1.45. The van der Waals surface area contributed by atoms with E-state index in [4.69, 9.17) is 21.3 Å². The molecule has 0 N–H and O–H groups in total. The van der Waals surface area contributed by atoms with Crippen LogP contribution in [0.3, 0.4) is 0 Å². The number of hydrogen-bond donors (Lipinski definition) is 0. The summed E-state index contributed by atoms with van der Waals surface area (Å²) in [7, 11) is 0. The molecule has 1 fully saturated rings. The Morgan fingerprint density at radius 3 is 2.55 bits per heavy atom. The lowest BCUT2D eigenvalue weighted by Gasteiger charge is -2.37. The molecule has 1 saturated heterocycles. The van der Waals surface area contributed by atoms with Gasteiger partial charge in [-0.1, -0.05) is 23.7 Å². The topological polar surface area (TPSA) is 89.6 Å². The fraction of sp³-hybridized carbons (Fsp3) is 0.455. The number of halogens is 1. The summed E-state index contributed by atoms with van der Waals surface area (Å²) in [6, 6.07) is 8.16. The van der Waals surface area contributed by atoms with E-state index >= 15 is 0 Å². The maximum Gasteiger partial charge on any atom is 0.415 e. The third-order valence-electron chi connectivity index (χ3n) is 6.13. The molecule has 0 radical (unpaired) electrons. The highest BCUT2D eigenvalue weighted by molar-refractivity contribution is 7.15. The number of aromatic nitrogens is 3. The molecule has 0 saturated carbocycles. The van der Waals surface area contributed by atoms with Crippen molar-refractivity contribution >= 4 is 28.8 Å². The van der Waals surface area contributed by atoms with Gasteiger partial charge in [-0.2, -0.15) is 0 Å². The Morgan fingerprint density at radius 2 is 1.88 bits per heavy atom. The molecule has 1 atom stereocenters. The third kappa shape index (κ3) is 4.74. The van der Waals surface area contributed by atoms with Crippen LogP contribution >= 0.6 is 22.9 Å². The van der Waals surface area contributed by atoms with Crippen molar-refractivity contribution in [3.05, 3.63) is 56.2 Å². The number of hydrogen-bond acceptors (Lipinski definition) is 8. The van der Waals surface area contributed by atoms with Crippen molar-refractivity contribution in [2.75, 3.05) is 32.7 Å². The van der Waals surface area contributed by atoms with Crippen molar-refractivity contribution in [1.29, 1.82) is 0 Å². The Morgan fingerprint density at radius 1 is 1.18 bits per heavy atom. The second-order valence-corrected chi connectivity index (χ2v) is 10.4. The molecule has 2 aliphatic rings. The predicted octanol–water partition coefficient (Wildman–Crippen LogP) is 3.85. The van der Waals surface area contributed by atoms with Crippen molar-refractivity contribution in [3.8, 4) is 16.6 Å². The Balaban J connectivity index is 1.15. The first kappa shape index (κ1) is 22.3. The Labute approximate surface area is 200 Å². The number of imidazole rings is 1. The van der Waals surface area contributed by atoms with Crippen LogP contribution in [0.1, 0.15) is 17.5 Å². The molecule has 11 heteroatoms. The first-order chi connectivity index (χ1) is 15.8. The van der Waals surface area contributed by atoms with Crippen LogP contribution in [0.2, 0.25) is 5.02 Å². The fourth-order valence-corrected chi connectivity index (χ4v) is 5.67. The van der Waals surface area contributed by atoms with Gasteiger partial charge < -0.3 is 14.9 Å². The van der Waals surface area contributed by atoms with Crippen molar-refractivity contribution in [2.24, 2.45) is 0 Å². The number of ether oxygens (including phenoxy) is 1. The standard InChI is InChI=1S/C22H25ClN6O3S/c1-15-18(33-20(24-15)16-3-5-17(23)6-4-16)11-26-7-9-27(10-8-26)13-22(2)14-28-12-19(29(30)31)25-21(28)32-22/h3-6,12H,7-11,13-14H2,1-2H3. The van der Waals surface area contributed by atoms with Crippen LogP contribution in [0.25, 0.3) is 10.6 Å². The number of nitrogens with zero attached hydrogens (tertiary/aromatic N) is 6. The van der Waals surface area contributed by atoms with Gasteiger partial charge in [-0.05, 0) is 30.9 Å². The summed E-state index contributed by atoms with van der Waals surface area (Å²) in [5.74, 6) is -0.168. The lowest BCUT2D eigenvalue weighted by molar-refractivity contribution is -0.389. The summed E-state index contributed by atoms with van der Waals surface area (Å²) in [5.41, 5.74) is 1.75. The minimum Gasteiger partial charge on any atom is -0.436 e. The molecule has 174 valence electrons. The maximum absolute atomic E-state index is 10.9. The van der Waals surface area contributed by atoms with Crippen LogP contribution in [-0.4, -0.2) is 67.6 Å². The van der Waals surface area contributed by atoms with E-state index in [0.29, 0.717) is 12.6 Å². The lowest BCUT2D eigenvalue weighted by atomic mass is 10.1. The zero-order chi connectivity index (χ0) is 23.2. The van der Waals surface area contributed by atoms with Gasteiger partial charge in [0.15, 0.2) is 0 Å². The number of nitro groups is 1. The Bertz CT molecular complexity index is 1150. The smallest absolute Gasteiger partial charge is 0.415 e. The van der Waals surface area contributed by atoms with Crippen molar-refractivity contribution in [2.45, 2.75) is 32.5 Å². The minimum absolute atomic E-state index is 0.168. The van der Waals surface area contributed by atoms with E-state index < -0.39 is 10.5 Å². The second-order valence-electron chi connectivity index (χ2n) is 8.91. The summed E-state index contributed by atoms with van der Waals surface area (Å²) in [4.78, 5) is 25.3. The van der Waals surface area contributed by atoms with E-state index in [1.54, 1.807) is 15.9 Å². The van der Waals surface area contributed by atoms with Gasteiger partial charge in [0.25, 0.3) is 0 Å². The molecule has 3 aromatic rings. The van der Waals surface area contributed by atoms with E-state index in [1.165, 1.54) is 11.1 Å². The molecule has 1 unspecified atom stereocenters. The molecular formula is C22H25ClN6O3S. The molecule has 0 amide bonds. The summed E-state index contributed by atoms with van der Waals surface area (Å²) in [5, 5.41) is 12.7. The number of fused-ring (bicyclic) bond motifs is 1. The predicted molar refractivity (Wildman–Crippen MR) is 127 cm³/mol. The molecule has 1 aromatic carbocycles. The van der Waals surface area contributed by atoms with Crippen molar-refractivity contribution in [1.82, 2.24) is 24.3 Å². The van der Waals surface area contributed by atoms with E-state index in [0.717, 1.165) is 60.6 Å². The monoisotopic (exact) mass is 488 g/mol. The van der Waals surface area contributed by atoms with Gasteiger partial charge in [0, 0.05) is 59.7 Å². The van der Waals surface area contributed by atoms with Gasteiger partial charge >= 0.3 is 11.8 Å². The van der Waals surface area contributed by atoms with Crippen LogP contribution in [0, 0.1) is 17.0 Å². The molecule has 5 rings (SSSR count). The summed E-state index contributed by atoms with van der Waals surface area (Å²) < 4.78 is 7.73. The molecule has 2 aromatic heterocycles. The van der Waals surface area contributed by atoms with Crippen LogP contribution < -0.4 is 4.74 Å². The highest BCUT2D eigenvalue weighted by Gasteiger charge is 2.41. The SMILES string of the molecule is Cc1nc(-c2ccc(Cl)cc2)sc1CN1CCN(CC2(C)Cn3cc([N+](=O)[O-])nc3O2)CC1. The molecule has 4 heterocycles. The lowest BCUT2D eigenvalue weighted by Crippen LogP contribution is -2.52. The van der Waals surface area contributed by atoms with Gasteiger partial charge in [0.05, 0.1) is 12.2 Å². The zero-order valence-electron chi connectivity index (χ0n) is 18.5. The molecule has 0 aliphatic carbocycles. The first-order valence-corrected chi connectivity index (χ1v) is 12.0. The quantitative estimate of drug-likeness (QED) is 0.384. The molecule has 0 spiro atoms. The van der Waals surface area contributed by atoms with E-state index in [2.05, 4.69) is 21.7 Å². The van der Waals surface area contributed by atoms with Gasteiger partial charge in [-0.25, -0.2) is 4.98 Å². The molecule has 0 bridgehead atoms. The summed E-state index contributed by atoms with van der Waals surface area (Å²) >= 11 is 7.76. The van der Waals surface area contributed by atoms with Gasteiger partial charge in [0.2, 0.25) is 0 Å². The van der Waals surface area contributed by atoms with E-state index in [1.807, 2.05) is 31.2 Å². The minimum atomic E-state index is -0.492. The number of aryl methyl sites for hydroxylation is 1. The largest absolute Gasteiger partial charge is 0.436 e. The normalized spacial score (nSPS) is 21.2. The van der Waals surface area contributed by atoms with Gasteiger partial charge in [-0.15, -0.1) is 11.3 Å². The number of thiazole rings is 1. The average molecular weight is 489 g/mol. The molecule has 2 aliphatic heterocycles. The Hall–Kier alpha value is -2.53. The van der Waals surface area contributed by atoms with Crippen LogP contribution in [0.5, 0.6) is 6.01 Å².